The molecule has 0 saturated heterocycles. The van der Waals surface area contributed by atoms with Crippen molar-refractivity contribution in [1.29, 1.82) is 0 Å². The Labute approximate surface area is 110 Å². The van der Waals surface area contributed by atoms with E-state index in [1.165, 1.54) is 20.3 Å². The van der Waals surface area contributed by atoms with Crippen LogP contribution in [0.3, 0.4) is 0 Å². The molecule has 4 heteroatoms. The molecule has 0 unspecified atom stereocenters. The van der Waals surface area contributed by atoms with Crippen LogP contribution in [0.1, 0.15) is 10.4 Å². The van der Waals surface area contributed by atoms with Gasteiger partial charge in [0.15, 0.2) is 0 Å². The van der Waals surface area contributed by atoms with Crippen molar-refractivity contribution in [3.8, 4) is 16.9 Å². The minimum atomic E-state index is -0.419. The molecule has 0 N–H and O–H groups in total. The Morgan fingerprint density at radius 2 is 1.74 bits per heavy atom. The molecule has 2 aromatic carbocycles. The third kappa shape index (κ3) is 2.73. The van der Waals surface area contributed by atoms with E-state index in [9.17, 15) is 9.18 Å². The molecule has 2 rings (SSSR count). The van der Waals surface area contributed by atoms with Crippen molar-refractivity contribution in [3.63, 3.8) is 0 Å². The van der Waals surface area contributed by atoms with E-state index in [4.69, 9.17) is 4.74 Å². The molecule has 0 amide bonds. The van der Waals surface area contributed by atoms with Crippen molar-refractivity contribution in [2.45, 2.75) is 0 Å². The van der Waals surface area contributed by atoms with Gasteiger partial charge in [-0.25, -0.2) is 9.18 Å². The molecule has 98 valence electrons. The average Bonchev–Trinajstić information content (AvgIpc) is 2.47. The number of methoxy groups -OCH3 is 2. The van der Waals surface area contributed by atoms with Crippen LogP contribution in [0, 0.1) is 5.82 Å². The maximum absolute atomic E-state index is 13.8. The summed E-state index contributed by atoms with van der Waals surface area (Å²) in [5.41, 5.74) is 1.52. The Kier molecular flexibility index (Phi) is 3.80. The van der Waals surface area contributed by atoms with Gasteiger partial charge < -0.3 is 9.47 Å². The van der Waals surface area contributed by atoms with Crippen molar-refractivity contribution in [2.75, 3.05) is 14.2 Å². The van der Waals surface area contributed by atoms with Gasteiger partial charge in [-0.15, -0.1) is 0 Å². The van der Waals surface area contributed by atoms with Gasteiger partial charge in [-0.3, -0.25) is 0 Å². The fourth-order valence-corrected chi connectivity index (χ4v) is 1.76. The molecule has 0 atom stereocenters. The lowest BCUT2D eigenvalue weighted by Gasteiger charge is -2.07. The molecule has 19 heavy (non-hydrogen) atoms. The van der Waals surface area contributed by atoms with Crippen molar-refractivity contribution in [3.05, 3.63) is 53.8 Å². The van der Waals surface area contributed by atoms with E-state index < -0.39 is 5.97 Å². The number of carbonyl (C=O) groups excluding carboxylic acids is 1. The van der Waals surface area contributed by atoms with Crippen LogP contribution in [0.15, 0.2) is 42.5 Å². The number of rotatable bonds is 3. The Morgan fingerprint density at radius 1 is 1.05 bits per heavy atom. The third-order valence-electron chi connectivity index (χ3n) is 2.79. The highest BCUT2D eigenvalue weighted by Crippen LogP contribution is 2.27. The minimum Gasteiger partial charge on any atom is -0.497 e. The highest BCUT2D eigenvalue weighted by molar-refractivity contribution is 5.90. The summed E-state index contributed by atoms with van der Waals surface area (Å²) >= 11 is 0. The van der Waals surface area contributed by atoms with Crippen molar-refractivity contribution >= 4 is 5.97 Å². The number of ether oxygens (including phenoxy) is 2. The van der Waals surface area contributed by atoms with Gasteiger partial charge in [0.1, 0.15) is 11.6 Å². The Bertz CT molecular complexity index is 591. The van der Waals surface area contributed by atoms with E-state index in [0.717, 1.165) is 0 Å². The molecule has 0 aromatic heterocycles. The van der Waals surface area contributed by atoms with Crippen LogP contribution in [-0.4, -0.2) is 20.2 Å². The molecule has 3 nitrogen and oxygen atoms in total. The number of benzene rings is 2. The summed E-state index contributed by atoms with van der Waals surface area (Å²) in [6.45, 7) is 0. The van der Waals surface area contributed by atoms with Crippen LogP contribution in [0.5, 0.6) is 5.75 Å². The van der Waals surface area contributed by atoms with Gasteiger partial charge in [0.2, 0.25) is 0 Å². The second-order valence-corrected chi connectivity index (χ2v) is 3.91. The van der Waals surface area contributed by atoms with Crippen LogP contribution in [0.2, 0.25) is 0 Å². The Balaban J connectivity index is 2.39. The first kappa shape index (κ1) is 13.1. The lowest BCUT2D eigenvalue weighted by molar-refractivity contribution is 0.0601. The summed E-state index contributed by atoms with van der Waals surface area (Å²) in [6, 6.07) is 11.1. The average molecular weight is 260 g/mol. The van der Waals surface area contributed by atoms with Gasteiger partial charge in [0.05, 0.1) is 19.8 Å². The van der Waals surface area contributed by atoms with E-state index in [2.05, 4.69) is 4.74 Å². The van der Waals surface area contributed by atoms with Gasteiger partial charge in [-0.1, -0.05) is 12.1 Å². The molecule has 0 fully saturated rings. The molecule has 0 saturated carbocycles. The molecular formula is C15H13FO3. The summed E-state index contributed by atoms with van der Waals surface area (Å²) in [5.74, 6) is -0.183. The summed E-state index contributed by atoms with van der Waals surface area (Å²) in [7, 11) is 2.84. The first-order valence-electron chi connectivity index (χ1n) is 5.68. The zero-order valence-corrected chi connectivity index (χ0v) is 10.6. The molecule has 0 aliphatic rings. The fourth-order valence-electron chi connectivity index (χ4n) is 1.76. The third-order valence-corrected chi connectivity index (χ3v) is 2.79. The summed E-state index contributed by atoms with van der Waals surface area (Å²) < 4.78 is 23.4. The first-order chi connectivity index (χ1) is 9.15. The number of hydrogen-bond acceptors (Lipinski definition) is 3. The number of hydrogen-bond donors (Lipinski definition) is 0. The number of halogens is 1. The Hall–Kier alpha value is -2.36. The summed E-state index contributed by atoms with van der Waals surface area (Å²) in [4.78, 5) is 11.3. The lowest BCUT2D eigenvalue weighted by Crippen LogP contribution is -2.00. The smallest absolute Gasteiger partial charge is 0.337 e. The molecular weight excluding hydrogens is 247 g/mol. The van der Waals surface area contributed by atoms with Crippen LogP contribution >= 0.6 is 0 Å². The molecule has 0 aliphatic heterocycles. The molecule has 0 heterocycles. The monoisotopic (exact) mass is 260 g/mol. The van der Waals surface area contributed by atoms with Gasteiger partial charge in [0, 0.05) is 5.56 Å². The highest BCUT2D eigenvalue weighted by Gasteiger charge is 2.09. The molecule has 0 aliphatic carbocycles. The maximum Gasteiger partial charge on any atom is 0.337 e. The second-order valence-electron chi connectivity index (χ2n) is 3.91. The fraction of sp³-hybridized carbons (Fsp3) is 0.133. The van der Waals surface area contributed by atoms with Crippen molar-refractivity contribution < 1.29 is 18.7 Å². The first-order valence-corrected chi connectivity index (χ1v) is 5.68. The molecule has 0 radical (unpaired) electrons. The van der Waals surface area contributed by atoms with E-state index in [-0.39, 0.29) is 5.82 Å². The SMILES string of the molecule is COC(=O)c1ccc(-c2cc(OC)ccc2F)cc1. The van der Waals surface area contributed by atoms with Crippen molar-refractivity contribution in [2.24, 2.45) is 0 Å². The van der Waals surface area contributed by atoms with Crippen LogP contribution < -0.4 is 4.74 Å². The highest BCUT2D eigenvalue weighted by atomic mass is 19.1. The van der Waals surface area contributed by atoms with Gasteiger partial charge in [-0.05, 0) is 35.9 Å². The maximum atomic E-state index is 13.8. The second kappa shape index (κ2) is 5.52. The standard InChI is InChI=1S/C15H13FO3/c1-18-12-7-8-14(16)13(9-12)10-3-5-11(6-4-10)15(17)19-2/h3-9H,1-2H3. The van der Waals surface area contributed by atoms with E-state index in [1.807, 2.05) is 0 Å². The zero-order chi connectivity index (χ0) is 13.8. The van der Waals surface area contributed by atoms with Crippen LogP contribution in [0.4, 0.5) is 4.39 Å². The molecule has 0 bridgehead atoms. The van der Waals surface area contributed by atoms with E-state index in [0.29, 0.717) is 22.4 Å². The lowest BCUT2D eigenvalue weighted by atomic mass is 10.0. The largest absolute Gasteiger partial charge is 0.497 e. The van der Waals surface area contributed by atoms with E-state index >= 15 is 0 Å². The van der Waals surface area contributed by atoms with Crippen molar-refractivity contribution in [1.82, 2.24) is 0 Å². The minimum absolute atomic E-state index is 0.341. The number of carbonyl (C=O) groups is 1. The molecule has 2 aromatic rings. The predicted octanol–water partition coefficient (Wildman–Crippen LogP) is 3.29. The van der Waals surface area contributed by atoms with Crippen LogP contribution in [0.25, 0.3) is 11.1 Å². The number of esters is 1. The van der Waals surface area contributed by atoms with Crippen LogP contribution in [-0.2, 0) is 4.74 Å². The van der Waals surface area contributed by atoms with Gasteiger partial charge in [0.25, 0.3) is 0 Å². The zero-order valence-electron chi connectivity index (χ0n) is 10.6. The Morgan fingerprint density at radius 3 is 2.32 bits per heavy atom. The van der Waals surface area contributed by atoms with E-state index in [1.54, 1.807) is 36.4 Å². The normalized spacial score (nSPS) is 10.1. The predicted molar refractivity (Wildman–Crippen MR) is 69.7 cm³/mol. The summed E-state index contributed by atoms with van der Waals surface area (Å²) in [6.07, 6.45) is 0. The topological polar surface area (TPSA) is 35.5 Å². The van der Waals surface area contributed by atoms with Gasteiger partial charge in [-0.2, -0.15) is 0 Å². The van der Waals surface area contributed by atoms with Gasteiger partial charge >= 0.3 is 5.97 Å². The summed E-state index contributed by atoms with van der Waals surface area (Å²) in [5, 5.41) is 0. The molecule has 0 spiro atoms. The quantitative estimate of drug-likeness (QED) is 0.794.